The minimum Gasteiger partial charge on any atom is -0.376 e. The van der Waals surface area contributed by atoms with Crippen LogP contribution < -0.4 is 10.6 Å². The number of hydrogen-bond donors (Lipinski definition) is 2. The molecule has 1 fully saturated rings. The Kier molecular flexibility index (Phi) is 5.65. The molecule has 1 aromatic heterocycles. The summed E-state index contributed by atoms with van der Waals surface area (Å²) in [6.07, 6.45) is 2.47. The molecular formula is C18H24N4O3. The molecule has 1 aliphatic rings. The zero-order valence-electron chi connectivity index (χ0n) is 14.6. The van der Waals surface area contributed by atoms with Gasteiger partial charge < -0.3 is 19.9 Å². The number of benzene rings is 1. The summed E-state index contributed by atoms with van der Waals surface area (Å²) in [5.41, 5.74) is 0.900. The molecule has 2 N–H and O–H groups in total. The van der Waals surface area contributed by atoms with E-state index >= 15 is 0 Å². The average molecular weight is 344 g/mol. The lowest BCUT2D eigenvalue weighted by molar-refractivity contribution is 0.114. The summed E-state index contributed by atoms with van der Waals surface area (Å²) in [4.78, 5) is 16.9. The second-order valence-corrected chi connectivity index (χ2v) is 6.23. The lowest BCUT2D eigenvalue weighted by Gasteiger charge is -2.20. The minimum absolute atomic E-state index is 0.0114. The number of carbonyl (C=O) groups is 1. The normalized spacial score (nSPS) is 21.0. The fourth-order valence-corrected chi connectivity index (χ4v) is 2.91. The summed E-state index contributed by atoms with van der Waals surface area (Å²) in [6, 6.07) is 8.91. The number of ether oxygens (including phenoxy) is 1. The van der Waals surface area contributed by atoms with E-state index in [1.54, 1.807) is 0 Å². The van der Waals surface area contributed by atoms with Crippen LogP contribution in [0.15, 0.2) is 34.9 Å². The SMILES string of the molecule is CCCc1nc([C@H](NC(=O)N[C@@H]2CCO[C@H]2C)c2ccccc2)no1. The first-order chi connectivity index (χ1) is 12.2. The molecule has 7 nitrogen and oxygen atoms in total. The summed E-state index contributed by atoms with van der Waals surface area (Å²) in [5.74, 6) is 1.04. The third-order valence-corrected chi connectivity index (χ3v) is 4.31. The Labute approximate surface area is 147 Å². The highest BCUT2D eigenvalue weighted by Crippen LogP contribution is 2.20. The molecule has 1 aliphatic heterocycles. The van der Waals surface area contributed by atoms with Crippen molar-refractivity contribution in [3.63, 3.8) is 0 Å². The molecule has 2 heterocycles. The van der Waals surface area contributed by atoms with E-state index in [2.05, 4.69) is 27.7 Å². The van der Waals surface area contributed by atoms with Crippen molar-refractivity contribution >= 4 is 6.03 Å². The molecule has 134 valence electrons. The quantitative estimate of drug-likeness (QED) is 0.841. The predicted molar refractivity (Wildman–Crippen MR) is 92.1 cm³/mol. The lowest BCUT2D eigenvalue weighted by Crippen LogP contribution is -2.46. The van der Waals surface area contributed by atoms with Gasteiger partial charge >= 0.3 is 6.03 Å². The molecule has 3 rings (SSSR count). The standard InChI is InChI=1S/C18H24N4O3/c1-3-7-15-20-17(22-25-15)16(13-8-5-4-6-9-13)21-18(23)19-14-10-11-24-12(14)2/h4-6,8-9,12,14,16H,3,7,10-11H2,1-2H3,(H2,19,21,23)/t12-,14+,16+/m0/s1. The zero-order chi connectivity index (χ0) is 17.6. The predicted octanol–water partition coefficient (Wildman–Crippen LogP) is 2.59. The van der Waals surface area contributed by atoms with Gasteiger partial charge in [-0.3, -0.25) is 0 Å². The lowest BCUT2D eigenvalue weighted by atomic mass is 10.1. The van der Waals surface area contributed by atoms with Crippen molar-refractivity contribution in [2.45, 2.75) is 51.3 Å². The molecule has 2 amide bonds. The first kappa shape index (κ1) is 17.4. The Bertz CT molecular complexity index is 689. The van der Waals surface area contributed by atoms with E-state index < -0.39 is 6.04 Å². The van der Waals surface area contributed by atoms with Gasteiger partial charge in [-0.05, 0) is 25.3 Å². The van der Waals surface area contributed by atoms with Crippen LogP contribution >= 0.6 is 0 Å². The molecule has 25 heavy (non-hydrogen) atoms. The van der Waals surface area contributed by atoms with Crippen molar-refractivity contribution in [2.75, 3.05) is 6.61 Å². The van der Waals surface area contributed by atoms with E-state index in [-0.39, 0.29) is 18.2 Å². The molecule has 0 radical (unpaired) electrons. The van der Waals surface area contributed by atoms with Crippen molar-refractivity contribution < 1.29 is 14.1 Å². The molecule has 3 atom stereocenters. The highest BCUT2D eigenvalue weighted by molar-refractivity contribution is 5.75. The number of nitrogens with one attached hydrogen (secondary N) is 2. The first-order valence-corrected chi connectivity index (χ1v) is 8.73. The molecular weight excluding hydrogens is 320 g/mol. The average Bonchev–Trinajstić information content (AvgIpc) is 3.23. The van der Waals surface area contributed by atoms with Gasteiger partial charge in [0.1, 0.15) is 6.04 Å². The van der Waals surface area contributed by atoms with Crippen LogP contribution in [0, 0.1) is 0 Å². The van der Waals surface area contributed by atoms with Crippen molar-refractivity contribution in [3.05, 3.63) is 47.6 Å². The molecule has 0 saturated carbocycles. The van der Waals surface area contributed by atoms with Crippen molar-refractivity contribution in [3.8, 4) is 0 Å². The fourth-order valence-electron chi connectivity index (χ4n) is 2.91. The topological polar surface area (TPSA) is 89.3 Å². The van der Waals surface area contributed by atoms with Crippen molar-refractivity contribution in [1.82, 2.24) is 20.8 Å². The largest absolute Gasteiger partial charge is 0.376 e. The van der Waals surface area contributed by atoms with Crippen LogP contribution in [-0.4, -0.2) is 34.9 Å². The summed E-state index contributed by atoms with van der Waals surface area (Å²) in [6.45, 7) is 4.68. The van der Waals surface area contributed by atoms with Crippen LogP contribution in [0.25, 0.3) is 0 Å². The molecule has 7 heteroatoms. The van der Waals surface area contributed by atoms with Gasteiger partial charge in [0.15, 0.2) is 5.82 Å². The number of aryl methyl sites for hydroxylation is 1. The van der Waals surface area contributed by atoms with Crippen LogP contribution in [0.3, 0.4) is 0 Å². The second-order valence-electron chi connectivity index (χ2n) is 6.23. The van der Waals surface area contributed by atoms with Gasteiger partial charge in [0.05, 0.1) is 12.1 Å². The van der Waals surface area contributed by atoms with Crippen LogP contribution in [0.5, 0.6) is 0 Å². The Morgan fingerprint density at radius 3 is 2.84 bits per heavy atom. The van der Waals surface area contributed by atoms with Crippen molar-refractivity contribution in [1.29, 1.82) is 0 Å². The maximum Gasteiger partial charge on any atom is 0.315 e. The van der Waals surface area contributed by atoms with Gasteiger partial charge in [-0.15, -0.1) is 0 Å². The summed E-state index contributed by atoms with van der Waals surface area (Å²) in [5, 5.41) is 9.99. The van der Waals surface area contributed by atoms with E-state index in [0.717, 1.165) is 24.8 Å². The highest BCUT2D eigenvalue weighted by atomic mass is 16.5. The maximum absolute atomic E-state index is 12.5. The van der Waals surface area contributed by atoms with Crippen LogP contribution in [-0.2, 0) is 11.2 Å². The third-order valence-electron chi connectivity index (χ3n) is 4.31. The number of amides is 2. The van der Waals surface area contributed by atoms with Crippen molar-refractivity contribution in [2.24, 2.45) is 0 Å². The summed E-state index contributed by atoms with van der Waals surface area (Å²) < 4.78 is 10.8. The van der Waals surface area contributed by atoms with Crippen LogP contribution in [0.1, 0.15) is 50.0 Å². The van der Waals surface area contributed by atoms with Crippen LogP contribution in [0.4, 0.5) is 4.79 Å². The third kappa shape index (κ3) is 4.36. The molecule has 2 aromatic rings. The smallest absolute Gasteiger partial charge is 0.315 e. The molecule has 0 bridgehead atoms. The molecule has 0 aliphatic carbocycles. The Morgan fingerprint density at radius 2 is 2.16 bits per heavy atom. The Balaban J connectivity index is 1.75. The fraction of sp³-hybridized carbons (Fsp3) is 0.500. The number of hydrogen-bond acceptors (Lipinski definition) is 5. The number of urea groups is 1. The number of carbonyl (C=O) groups excluding carboxylic acids is 1. The van der Waals surface area contributed by atoms with E-state index in [9.17, 15) is 4.79 Å². The molecule has 0 spiro atoms. The van der Waals surface area contributed by atoms with Gasteiger partial charge in [0.2, 0.25) is 5.89 Å². The highest BCUT2D eigenvalue weighted by Gasteiger charge is 2.28. The van der Waals surface area contributed by atoms with Gasteiger partial charge in [-0.25, -0.2) is 4.79 Å². The van der Waals surface area contributed by atoms with Gasteiger partial charge in [0.25, 0.3) is 0 Å². The first-order valence-electron chi connectivity index (χ1n) is 8.73. The van der Waals surface area contributed by atoms with E-state index in [4.69, 9.17) is 9.26 Å². The minimum atomic E-state index is -0.465. The van der Waals surface area contributed by atoms with E-state index in [0.29, 0.717) is 18.3 Å². The second kappa shape index (κ2) is 8.11. The molecule has 0 unspecified atom stereocenters. The number of aromatic nitrogens is 2. The molecule has 1 saturated heterocycles. The zero-order valence-corrected chi connectivity index (χ0v) is 14.6. The van der Waals surface area contributed by atoms with Gasteiger partial charge in [0, 0.05) is 13.0 Å². The molecule has 1 aromatic carbocycles. The van der Waals surface area contributed by atoms with Gasteiger partial charge in [-0.1, -0.05) is 42.4 Å². The Morgan fingerprint density at radius 1 is 1.36 bits per heavy atom. The monoisotopic (exact) mass is 344 g/mol. The maximum atomic E-state index is 12.5. The van der Waals surface area contributed by atoms with E-state index in [1.165, 1.54) is 0 Å². The summed E-state index contributed by atoms with van der Waals surface area (Å²) in [7, 11) is 0. The number of rotatable bonds is 6. The van der Waals surface area contributed by atoms with Gasteiger partial charge in [-0.2, -0.15) is 4.98 Å². The Hall–Kier alpha value is -2.41. The number of nitrogens with zero attached hydrogens (tertiary/aromatic N) is 2. The van der Waals surface area contributed by atoms with E-state index in [1.807, 2.05) is 37.3 Å². The summed E-state index contributed by atoms with van der Waals surface area (Å²) >= 11 is 0. The van der Waals surface area contributed by atoms with Crippen LogP contribution in [0.2, 0.25) is 0 Å².